The number of fused-ring (bicyclic) bond motifs is 1. The van der Waals surface area contributed by atoms with E-state index in [9.17, 15) is 5.11 Å². The van der Waals surface area contributed by atoms with Gasteiger partial charge in [0, 0.05) is 12.0 Å². The van der Waals surface area contributed by atoms with E-state index < -0.39 is 0 Å². The number of rotatable bonds is 3. The molecule has 1 aromatic carbocycles. The normalized spacial score (nSPS) is 28.5. The Morgan fingerprint density at radius 1 is 1.44 bits per heavy atom. The van der Waals surface area contributed by atoms with Crippen LogP contribution in [-0.4, -0.2) is 35.8 Å². The smallest absolute Gasteiger partial charge is 0.117 e. The van der Waals surface area contributed by atoms with Gasteiger partial charge in [-0.2, -0.15) is 0 Å². The zero-order chi connectivity index (χ0) is 11.6. The van der Waals surface area contributed by atoms with Crippen LogP contribution < -0.4 is 0 Å². The molecule has 1 N–H and O–H groups in total. The average Bonchev–Trinajstić information content (AvgIpc) is 2.28. The summed E-state index contributed by atoms with van der Waals surface area (Å²) in [7, 11) is 2.21. The highest BCUT2D eigenvalue weighted by molar-refractivity contribution is 5.28. The maximum Gasteiger partial charge on any atom is 0.117 e. The lowest BCUT2D eigenvalue weighted by Crippen LogP contribution is -2.56. The molecule has 2 heteroatoms. The topological polar surface area (TPSA) is 20.2 Å². The van der Waals surface area contributed by atoms with Crippen LogP contribution in [0.15, 0.2) is 36.9 Å². The predicted molar refractivity (Wildman–Crippen MR) is 66.0 cm³/mol. The van der Waals surface area contributed by atoms with Crippen molar-refractivity contribution in [3.8, 4) is 0 Å². The third-order valence-electron chi connectivity index (χ3n) is 3.74. The molecule has 0 unspecified atom stereocenters. The number of aliphatic hydroxyl groups is 1. The van der Waals surface area contributed by atoms with Crippen molar-refractivity contribution in [2.24, 2.45) is 0 Å². The minimum atomic E-state index is 0.249. The standard InChI is InChI=1S/C14H20NO/c1-3-8-15(2)10-13-7-5-4-6-12(13)9-14(15)11-16/h3-7,14,16H,1,8-11H2,2H3/q+1/t14-,15-/m0/s1. The molecule has 0 spiro atoms. The maximum absolute atomic E-state index is 9.53. The van der Waals surface area contributed by atoms with Crippen molar-refractivity contribution in [2.75, 3.05) is 20.2 Å². The van der Waals surface area contributed by atoms with E-state index in [2.05, 4.69) is 37.9 Å². The Labute approximate surface area is 97.4 Å². The largest absolute Gasteiger partial charge is 0.390 e. The minimum absolute atomic E-state index is 0.249. The third kappa shape index (κ3) is 1.91. The number of benzene rings is 1. The molecule has 0 fully saturated rings. The number of nitrogens with zero attached hydrogens (tertiary/aromatic N) is 1. The molecule has 1 heterocycles. The van der Waals surface area contributed by atoms with Crippen molar-refractivity contribution in [2.45, 2.75) is 19.0 Å². The Bertz CT molecular complexity index is 388. The Morgan fingerprint density at radius 3 is 2.75 bits per heavy atom. The molecule has 86 valence electrons. The average molecular weight is 218 g/mol. The second kappa shape index (κ2) is 4.40. The summed E-state index contributed by atoms with van der Waals surface area (Å²) < 4.78 is 0.872. The molecule has 0 bridgehead atoms. The molecule has 1 aromatic rings. The quantitative estimate of drug-likeness (QED) is 0.605. The Morgan fingerprint density at radius 2 is 2.12 bits per heavy atom. The second-order valence-corrected chi connectivity index (χ2v) is 4.92. The molecule has 0 saturated carbocycles. The lowest BCUT2D eigenvalue weighted by atomic mass is 9.92. The highest BCUT2D eigenvalue weighted by Gasteiger charge is 2.36. The molecule has 1 aliphatic rings. The summed E-state index contributed by atoms with van der Waals surface area (Å²) >= 11 is 0. The van der Waals surface area contributed by atoms with Gasteiger partial charge in [0.1, 0.15) is 12.6 Å². The molecule has 16 heavy (non-hydrogen) atoms. The van der Waals surface area contributed by atoms with Gasteiger partial charge >= 0.3 is 0 Å². The van der Waals surface area contributed by atoms with Crippen molar-refractivity contribution in [1.29, 1.82) is 0 Å². The SMILES string of the molecule is C=CC[N@@+]1(C)Cc2ccccc2C[C@H]1CO. The maximum atomic E-state index is 9.53. The highest BCUT2D eigenvalue weighted by atomic mass is 16.3. The van der Waals surface area contributed by atoms with Gasteiger partial charge in [-0.25, -0.2) is 0 Å². The first-order valence-electron chi connectivity index (χ1n) is 5.82. The van der Waals surface area contributed by atoms with Gasteiger partial charge in [-0.1, -0.05) is 30.8 Å². The molecular formula is C14H20NO+. The fourth-order valence-corrected chi connectivity index (χ4v) is 2.67. The van der Waals surface area contributed by atoms with Crippen LogP contribution in [0.5, 0.6) is 0 Å². The van der Waals surface area contributed by atoms with Gasteiger partial charge in [-0.15, -0.1) is 0 Å². The van der Waals surface area contributed by atoms with Crippen molar-refractivity contribution in [3.63, 3.8) is 0 Å². The van der Waals surface area contributed by atoms with Crippen molar-refractivity contribution in [3.05, 3.63) is 48.0 Å². The molecule has 2 rings (SSSR count). The predicted octanol–water partition coefficient (Wildman–Crippen LogP) is 1.74. The van der Waals surface area contributed by atoms with Gasteiger partial charge in [-0.3, -0.25) is 0 Å². The first-order chi connectivity index (χ1) is 7.69. The first-order valence-corrected chi connectivity index (χ1v) is 5.82. The fraction of sp³-hybridized carbons (Fsp3) is 0.429. The molecule has 0 saturated heterocycles. The zero-order valence-electron chi connectivity index (χ0n) is 9.89. The van der Waals surface area contributed by atoms with Gasteiger partial charge in [-0.05, 0) is 11.6 Å². The zero-order valence-corrected chi connectivity index (χ0v) is 9.89. The van der Waals surface area contributed by atoms with E-state index in [1.54, 1.807) is 0 Å². The summed E-state index contributed by atoms with van der Waals surface area (Å²) in [4.78, 5) is 0. The molecule has 1 aliphatic heterocycles. The molecule has 2 atom stereocenters. The van der Waals surface area contributed by atoms with Crippen LogP contribution in [-0.2, 0) is 13.0 Å². The molecule has 0 aliphatic carbocycles. The summed E-state index contributed by atoms with van der Waals surface area (Å²) in [5.41, 5.74) is 2.80. The Kier molecular flexibility index (Phi) is 3.13. The summed E-state index contributed by atoms with van der Waals surface area (Å²) in [6.07, 6.45) is 2.92. The summed E-state index contributed by atoms with van der Waals surface area (Å²) in [6, 6.07) is 8.85. The van der Waals surface area contributed by atoms with Crippen LogP contribution in [0.2, 0.25) is 0 Å². The van der Waals surface area contributed by atoms with E-state index in [1.807, 2.05) is 6.08 Å². The van der Waals surface area contributed by atoms with E-state index in [-0.39, 0.29) is 6.61 Å². The van der Waals surface area contributed by atoms with Gasteiger partial charge in [0.05, 0.1) is 20.2 Å². The molecule has 2 nitrogen and oxygen atoms in total. The number of likely N-dealkylation sites (N-methyl/N-ethyl adjacent to an activating group) is 1. The van der Waals surface area contributed by atoms with Crippen molar-refractivity contribution >= 4 is 0 Å². The van der Waals surface area contributed by atoms with Crippen molar-refractivity contribution < 1.29 is 9.59 Å². The Hall–Kier alpha value is -1.12. The first kappa shape index (κ1) is 11.4. The van der Waals surface area contributed by atoms with Crippen LogP contribution in [0.1, 0.15) is 11.1 Å². The van der Waals surface area contributed by atoms with E-state index in [0.29, 0.717) is 6.04 Å². The third-order valence-corrected chi connectivity index (χ3v) is 3.74. The van der Waals surface area contributed by atoms with Crippen LogP contribution in [0.4, 0.5) is 0 Å². The fourth-order valence-electron chi connectivity index (χ4n) is 2.67. The molecule has 0 amide bonds. The number of hydrogen-bond donors (Lipinski definition) is 1. The monoisotopic (exact) mass is 218 g/mol. The highest BCUT2D eigenvalue weighted by Crippen LogP contribution is 2.28. The lowest BCUT2D eigenvalue weighted by Gasteiger charge is -2.44. The van der Waals surface area contributed by atoms with E-state index >= 15 is 0 Å². The number of aliphatic hydroxyl groups excluding tert-OH is 1. The summed E-state index contributed by atoms with van der Waals surface area (Å²) in [6.45, 7) is 5.99. The summed E-state index contributed by atoms with van der Waals surface area (Å²) in [5, 5.41) is 9.53. The van der Waals surface area contributed by atoms with Gasteiger partial charge in [0.15, 0.2) is 0 Å². The molecule has 0 aromatic heterocycles. The van der Waals surface area contributed by atoms with Gasteiger partial charge < -0.3 is 9.59 Å². The van der Waals surface area contributed by atoms with Crippen LogP contribution in [0, 0.1) is 0 Å². The Balaban J connectivity index is 2.33. The van der Waals surface area contributed by atoms with Crippen LogP contribution >= 0.6 is 0 Å². The van der Waals surface area contributed by atoms with Crippen molar-refractivity contribution in [1.82, 2.24) is 0 Å². The van der Waals surface area contributed by atoms with Crippen LogP contribution in [0.3, 0.4) is 0 Å². The molecular weight excluding hydrogens is 198 g/mol. The molecule has 0 radical (unpaired) electrons. The van der Waals surface area contributed by atoms with Gasteiger partial charge in [0.25, 0.3) is 0 Å². The van der Waals surface area contributed by atoms with E-state index in [0.717, 1.165) is 24.0 Å². The van der Waals surface area contributed by atoms with E-state index in [1.165, 1.54) is 11.1 Å². The van der Waals surface area contributed by atoms with Crippen LogP contribution in [0.25, 0.3) is 0 Å². The number of quaternary nitrogens is 1. The second-order valence-electron chi connectivity index (χ2n) is 4.92. The summed E-state index contributed by atoms with van der Waals surface area (Å²) in [5.74, 6) is 0. The van der Waals surface area contributed by atoms with Gasteiger partial charge in [0.2, 0.25) is 0 Å². The lowest BCUT2D eigenvalue weighted by molar-refractivity contribution is -0.943. The minimum Gasteiger partial charge on any atom is -0.390 e. The number of hydrogen-bond acceptors (Lipinski definition) is 1. The van der Waals surface area contributed by atoms with E-state index in [4.69, 9.17) is 0 Å².